The number of benzene rings is 2. The van der Waals surface area contributed by atoms with Crippen molar-refractivity contribution in [3.63, 3.8) is 0 Å². The molecule has 0 bridgehead atoms. The molecule has 1 atom stereocenters. The van der Waals surface area contributed by atoms with Crippen molar-refractivity contribution < 1.29 is 9.53 Å². The molecule has 0 aliphatic heterocycles. The number of guanidine groups is 1. The van der Waals surface area contributed by atoms with Gasteiger partial charge < -0.3 is 20.7 Å². The van der Waals surface area contributed by atoms with Gasteiger partial charge >= 0.3 is 0 Å². The normalized spacial score (nSPS) is 14.2. The highest BCUT2D eigenvalue weighted by atomic mass is 127. The van der Waals surface area contributed by atoms with Crippen molar-refractivity contribution in [1.82, 2.24) is 16.0 Å². The number of nitrogens with one attached hydrogen (secondary N) is 3. The summed E-state index contributed by atoms with van der Waals surface area (Å²) in [5.41, 5.74) is 2.33. The average Bonchev–Trinajstić information content (AvgIpc) is 3.59. The number of halogens is 1. The lowest BCUT2D eigenvalue weighted by Crippen LogP contribution is -2.39. The first kappa shape index (κ1) is 25.0. The Labute approximate surface area is 202 Å². The lowest BCUT2D eigenvalue weighted by molar-refractivity contribution is -0.123. The van der Waals surface area contributed by atoms with Crippen LogP contribution in [0.3, 0.4) is 0 Å². The molecule has 0 spiro atoms. The van der Waals surface area contributed by atoms with Crippen LogP contribution in [0.2, 0.25) is 0 Å². The van der Waals surface area contributed by atoms with Crippen LogP contribution >= 0.6 is 24.0 Å². The number of ether oxygens (including phenoxy) is 1. The maximum Gasteiger partial charge on any atom is 0.258 e. The molecule has 168 valence electrons. The Bertz CT molecular complexity index is 840. The molecule has 1 fully saturated rings. The minimum atomic E-state index is -0.0629. The second-order valence-electron chi connectivity index (χ2n) is 7.67. The molecule has 1 saturated carbocycles. The Hall–Kier alpha value is -2.29. The number of aliphatic imine (C=N–C) groups is 1. The maximum absolute atomic E-state index is 11.8. The van der Waals surface area contributed by atoms with Crippen molar-refractivity contribution in [3.05, 3.63) is 65.7 Å². The monoisotopic (exact) mass is 536 g/mol. The van der Waals surface area contributed by atoms with Crippen molar-refractivity contribution in [1.29, 1.82) is 0 Å². The minimum absolute atomic E-state index is 0. The smallest absolute Gasteiger partial charge is 0.258 e. The molecular formula is C24H33IN4O2. The van der Waals surface area contributed by atoms with Gasteiger partial charge in [-0.05, 0) is 48.9 Å². The van der Waals surface area contributed by atoms with E-state index in [0.717, 1.165) is 37.5 Å². The third kappa shape index (κ3) is 9.16. The predicted octanol–water partition coefficient (Wildman–Crippen LogP) is 3.82. The van der Waals surface area contributed by atoms with Crippen molar-refractivity contribution in [3.8, 4) is 5.75 Å². The summed E-state index contributed by atoms with van der Waals surface area (Å²) >= 11 is 0. The Morgan fingerprint density at radius 3 is 2.61 bits per heavy atom. The van der Waals surface area contributed by atoms with Gasteiger partial charge in [-0.3, -0.25) is 4.79 Å². The predicted molar refractivity (Wildman–Crippen MR) is 136 cm³/mol. The number of hydrogen-bond donors (Lipinski definition) is 3. The van der Waals surface area contributed by atoms with E-state index >= 15 is 0 Å². The van der Waals surface area contributed by atoms with Gasteiger partial charge in [0.15, 0.2) is 12.6 Å². The quantitative estimate of drug-likeness (QED) is 0.245. The van der Waals surface area contributed by atoms with E-state index in [1.54, 1.807) is 0 Å². The SMILES string of the molecule is CCNC(=NCc1cccc(OCC(=O)NC2CC2)c1)NCC(C)c1ccccc1.I. The fraction of sp³-hybridized carbons (Fsp3) is 0.417. The summed E-state index contributed by atoms with van der Waals surface area (Å²) in [6, 6.07) is 18.5. The molecule has 2 aromatic rings. The maximum atomic E-state index is 11.8. The molecule has 0 saturated heterocycles. The van der Waals surface area contributed by atoms with Gasteiger partial charge in [0.05, 0.1) is 6.54 Å². The Morgan fingerprint density at radius 1 is 1.13 bits per heavy atom. The molecule has 3 N–H and O–H groups in total. The fourth-order valence-corrected chi connectivity index (χ4v) is 3.04. The van der Waals surface area contributed by atoms with Crippen LogP contribution in [0, 0.1) is 0 Å². The molecular weight excluding hydrogens is 503 g/mol. The van der Waals surface area contributed by atoms with Gasteiger partial charge in [0.25, 0.3) is 5.91 Å². The lowest BCUT2D eigenvalue weighted by atomic mass is 10.0. The van der Waals surface area contributed by atoms with Crippen LogP contribution in [0.4, 0.5) is 0 Å². The van der Waals surface area contributed by atoms with E-state index in [1.807, 2.05) is 30.3 Å². The van der Waals surface area contributed by atoms with Gasteiger partial charge in [0.1, 0.15) is 5.75 Å². The van der Waals surface area contributed by atoms with Gasteiger partial charge in [-0.2, -0.15) is 0 Å². The molecule has 31 heavy (non-hydrogen) atoms. The van der Waals surface area contributed by atoms with Crippen LogP contribution in [0.1, 0.15) is 43.7 Å². The molecule has 0 heterocycles. The Morgan fingerprint density at radius 2 is 1.90 bits per heavy atom. The molecule has 3 rings (SSSR count). The van der Waals surface area contributed by atoms with Crippen LogP contribution in [-0.2, 0) is 11.3 Å². The van der Waals surface area contributed by atoms with Crippen LogP contribution < -0.4 is 20.7 Å². The van der Waals surface area contributed by atoms with Gasteiger partial charge in [-0.15, -0.1) is 24.0 Å². The van der Waals surface area contributed by atoms with E-state index in [0.29, 0.717) is 24.3 Å². The van der Waals surface area contributed by atoms with Crippen LogP contribution in [0.25, 0.3) is 0 Å². The number of hydrogen-bond acceptors (Lipinski definition) is 3. The third-order valence-corrected chi connectivity index (χ3v) is 4.92. The zero-order valence-electron chi connectivity index (χ0n) is 18.3. The topological polar surface area (TPSA) is 74.8 Å². The van der Waals surface area contributed by atoms with Crippen LogP contribution in [0.5, 0.6) is 5.75 Å². The van der Waals surface area contributed by atoms with Crippen LogP contribution in [0.15, 0.2) is 59.6 Å². The first-order valence-electron chi connectivity index (χ1n) is 10.7. The number of rotatable bonds is 10. The molecule has 1 unspecified atom stereocenters. The molecule has 1 amide bonds. The molecule has 1 aliphatic rings. The molecule has 0 aromatic heterocycles. The molecule has 1 aliphatic carbocycles. The Kier molecular flexibility index (Phi) is 10.6. The number of carbonyl (C=O) groups is 1. The average molecular weight is 536 g/mol. The van der Waals surface area contributed by atoms with E-state index < -0.39 is 0 Å². The van der Waals surface area contributed by atoms with Gasteiger partial charge in [-0.25, -0.2) is 4.99 Å². The number of carbonyl (C=O) groups excluding carboxylic acids is 1. The lowest BCUT2D eigenvalue weighted by Gasteiger charge is -2.16. The largest absolute Gasteiger partial charge is 0.484 e. The fourth-order valence-electron chi connectivity index (χ4n) is 3.04. The van der Waals surface area contributed by atoms with E-state index in [9.17, 15) is 4.79 Å². The van der Waals surface area contributed by atoms with Crippen molar-refractivity contribution >= 4 is 35.8 Å². The van der Waals surface area contributed by atoms with E-state index in [4.69, 9.17) is 9.73 Å². The van der Waals surface area contributed by atoms with Gasteiger partial charge in [0.2, 0.25) is 0 Å². The molecule has 6 nitrogen and oxygen atoms in total. The summed E-state index contributed by atoms with van der Waals surface area (Å²) in [5.74, 6) is 1.79. The second-order valence-corrected chi connectivity index (χ2v) is 7.67. The summed E-state index contributed by atoms with van der Waals surface area (Å²) in [6.45, 7) is 6.43. The highest BCUT2D eigenvalue weighted by Gasteiger charge is 2.23. The number of amides is 1. The molecule has 7 heteroatoms. The Balaban J connectivity index is 0.00000341. The molecule has 0 radical (unpaired) electrons. The van der Waals surface area contributed by atoms with Crippen molar-refractivity contribution in [2.24, 2.45) is 4.99 Å². The van der Waals surface area contributed by atoms with Crippen molar-refractivity contribution in [2.45, 2.75) is 45.2 Å². The summed E-state index contributed by atoms with van der Waals surface area (Å²) < 4.78 is 5.63. The van der Waals surface area contributed by atoms with E-state index in [-0.39, 0.29) is 36.5 Å². The zero-order valence-corrected chi connectivity index (χ0v) is 20.6. The number of nitrogens with zero attached hydrogens (tertiary/aromatic N) is 1. The summed E-state index contributed by atoms with van der Waals surface area (Å²) in [4.78, 5) is 16.5. The highest BCUT2D eigenvalue weighted by Crippen LogP contribution is 2.19. The summed E-state index contributed by atoms with van der Waals surface area (Å²) in [6.07, 6.45) is 2.15. The summed E-state index contributed by atoms with van der Waals surface area (Å²) in [5, 5.41) is 9.64. The van der Waals surface area contributed by atoms with E-state index in [2.05, 4.69) is 54.1 Å². The standard InChI is InChI=1S/C24H32N4O2.HI/c1-3-25-24(26-15-18(2)20-9-5-4-6-10-20)27-16-19-8-7-11-22(14-19)30-17-23(29)28-21-12-13-21;/h4-11,14,18,21H,3,12-13,15-17H2,1-2H3,(H,28,29)(H2,25,26,27);1H. The van der Waals surface area contributed by atoms with Gasteiger partial charge in [0, 0.05) is 19.1 Å². The summed E-state index contributed by atoms with van der Waals surface area (Å²) in [7, 11) is 0. The third-order valence-electron chi connectivity index (χ3n) is 4.92. The zero-order chi connectivity index (χ0) is 21.2. The second kappa shape index (κ2) is 13.2. The first-order valence-corrected chi connectivity index (χ1v) is 10.7. The first-order chi connectivity index (χ1) is 14.6. The van der Waals surface area contributed by atoms with Gasteiger partial charge in [-0.1, -0.05) is 49.4 Å². The highest BCUT2D eigenvalue weighted by molar-refractivity contribution is 14.0. The van der Waals surface area contributed by atoms with E-state index in [1.165, 1.54) is 5.56 Å². The van der Waals surface area contributed by atoms with Crippen molar-refractivity contribution in [2.75, 3.05) is 19.7 Å². The minimum Gasteiger partial charge on any atom is -0.484 e. The molecule has 2 aromatic carbocycles. The van der Waals surface area contributed by atoms with Crippen LogP contribution in [-0.4, -0.2) is 37.6 Å².